The summed E-state index contributed by atoms with van der Waals surface area (Å²) in [6.07, 6.45) is 4.01. The van der Waals surface area contributed by atoms with Crippen molar-refractivity contribution in [1.29, 1.82) is 0 Å². The molecule has 1 aliphatic heterocycles. The van der Waals surface area contributed by atoms with Crippen LogP contribution in [0.15, 0.2) is 53.3 Å². The topological polar surface area (TPSA) is 117 Å². The van der Waals surface area contributed by atoms with Gasteiger partial charge in [-0.1, -0.05) is 12.1 Å². The Kier molecular flexibility index (Phi) is 6.59. The molecule has 0 fully saturated rings. The van der Waals surface area contributed by atoms with Gasteiger partial charge in [0.05, 0.1) is 44.2 Å². The van der Waals surface area contributed by atoms with Gasteiger partial charge in [-0.2, -0.15) is 0 Å². The Hall–Kier alpha value is -4.31. The van der Waals surface area contributed by atoms with Crippen LogP contribution in [0.4, 0.5) is 11.4 Å². The molecule has 0 unspecified atom stereocenters. The van der Waals surface area contributed by atoms with E-state index in [0.717, 1.165) is 23.4 Å². The Morgan fingerprint density at radius 2 is 2.08 bits per heavy atom. The van der Waals surface area contributed by atoms with E-state index in [0.29, 0.717) is 43.0 Å². The van der Waals surface area contributed by atoms with Crippen molar-refractivity contribution in [3.8, 4) is 5.75 Å². The smallest absolute Gasteiger partial charge is 0.356 e. The van der Waals surface area contributed by atoms with Gasteiger partial charge >= 0.3 is 5.97 Å². The number of amides is 1. The lowest BCUT2D eigenvalue weighted by Crippen LogP contribution is -2.18. The maximum absolute atomic E-state index is 12.9. The summed E-state index contributed by atoms with van der Waals surface area (Å²) in [7, 11) is 2.87. The zero-order valence-electron chi connectivity index (χ0n) is 20.0. The lowest BCUT2D eigenvalue weighted by molar-refractivity contribution is 0.0588. The molecular formula is C26H26N4O6. The van der Waals surface area contributed by atoms with Crippen LogP contribution < -0.4 is 15.4 Å². The minimum Gasteiger partial charge on any atom is -0.493 e. The number of anilines is 2. The van der Waals surface area contributed by atoms with Crippen molar-refractivity contribution in [3.05, 3.63) is 71.4 Å². The van der Waals surface area contributed by atoms with Crippen LogP contribution in [0.5, 0.6) is 5.75 Å². The molecule has 0 radical (unpaired) electrons. The van der Waals surface area contributed by atoms with Gasteiger partial charge in [0.1, 0.15) is 11.4 Å². The second-order valence-electron chi connectivity index (χ2n) is 8.28. The molecule has 4 aromatic rings. The highest BCUT2D eigenvalue weighted by molar-refractivity contribution is 6.14. The first kappa shape index (κ1) is 23.4. The summed E-state index contributed by atoms with van der Waals surface area (Å²) in [5, 5.41) is 6.79. The Bertz CT molecular complexity index is 1410. The number of nitrogens with zero attached hydrogens (tertiary/aromatic N) is 2. The summed E-state index contributed by atoms with van der Waals surface area (Å²) in [6.45, 7) is 1.96. The molecule has 2 N–H and O–H groups in total. The molecule has 1 amide bonds. The number of esters is 1. The summed E-state index contributed by atoms with van der Waals surface area (Å²) in [5.74, 6) is -0.0404. The van der Waals surface area contributed by atoms with Crippen molar-refractivity contribution in [2.24, 2.45) is 0 Å². The fraction of sp³-hybridized carbons (Fsp3) is 0.269. The SMILES string of the molecule is COCCn1c(C(=O)OC)c(NC(=O)c2ccco2)c2cc(NCc3ccc4c(c3)CCO4)cnc21. The molecule has 0 atom stereocenters. The van der Waals surface area contributed by atoms with Crippen LogP contribution in [0.1, 0.15) is 32.2 Å². The van der Waals surface area contributed by atoms with Crippen LogP contribution in [0.2, 0.25) is 0 Å². The normalized spacial score (nSPS) is 12.3. The summed E-state index contributed by atoms with van der Waals surface area (Å²) >= 11 is 0. The monoisotopic (exact) mass is 490 g/mol. The van der Waals surface area contributed by atoms with E-state index < -0.39 is 11.9 Å². The van der Waals surface area contributed by atoms with E-state index in [1.54, 1.807) is 30.0 Å². The largest absolute Gasteiger partial charge is 0.493 e. The lowest BCUT2D eigenvalue weighted by atomic mass is 10.1. The standard InChI is InChI=1S/C26H26N4O6/c1-33-11-8-30-23(26(32)34-2)22(29-25(31)21-4-3-9-35-21)19-13-18(15-28-24(19)30)27-14-16-5-6-20-17(12-16)7-10-36-20/h3-6,9,12-13,15,27H,7-8,10-11,14H2,1-2H3,(H,29,31). The van der Waals surface area contributed by atoms with Gasteiger partial charge < -0.3 is 33.8 Å². The quantitative estimate of drug-likeness (QED) is 0.340. The minimum atomic E-state index is -0.603. The number of furan rings is 1. The maximum atomic E-state index is 12.9. The average molecular weight is 491 g/mol. The first-order chi connectivity index (χ1) is 17.6. The number of ether oxygens (including phenoxy) is 3. The second kappa shape index (κ2) is 10.1. The van der Waals surface area contributed by atoms with E-state index in [1.807, 2.05) is 18.2 Å². The van der Waals surface area contributed by atoms with Crippen molar-refractivity contribution < 1.29 is 28.2 Å². The molecule has 3 aromatic heterocycles. The maximum Gasteiger partial charge on any atom is 0.356 e. The Labute approximate surface area is 207 Å². The third-order valence-electron chi connectivity index (χ3n) is 6.03. The van der Waals surface area contributed by atoms with Crippen LogP contribution in [0.3, 0.4) is 0 Å². The third-order valence-corrected chi connectivity index (χ3v) is 6.03. The van der Waals surface area contributed by atoms with E-state index in [1.165, 1.54) is 18.9 Å². The van der Waals surface area contributed by atoms with Crippen molar-refractivity contribution in [2.45, 2.75) is 19.5 Å². The van der Waals surface area contributed by atoms with Crippen molar-refractivity contribution in [1.82, 2.24) is 9.55 Å². The number of aromatic nitrogens is 2. The van der Waals surface area contributed by atoms with Gasteiger partial charge in [0.15, 0.2) is 11.5 Å². The molecule has 186 valence electrons. The Morgan fingerprint density at radius 1 is 1.19 bits per heavy atom. The average Bonchev–Trinajstić information content (AvgIpc) is 3.65. The van der Waals surface area contributed by atoms with Crippen molar-refractivity contribution in [3.63, 3.8) is 0 Å². The van der Waals surface area contributed by atoms with Gasteiger partial charge in [0.2, 0.25) is 0 Å². The van der Waals surface area contributed by atoms with Crippen molar-refractivity contribution >= 4 is 34.3 Å². The summed E-state index contributed by atoms with van der Waals surface area (Å²) in [4.78, 5) is 30.3. The first-order valence-electron chi connectivity index (χ1n) is 11.5. The fourth-order valence-electron chi connectivity index (χ4n) is 4.29. The second-order valence-corrected chi connectivity index (χ2v) is 8.28. The molecule has 1 aromatic carbocycles. The summed E-state index contributed by atoms with van der Waals surface area (Å²) < 4.78 is 22.8. The van der Waals surface area contributed by atoms with Gasteiger partial charge in [0.25, 0.3) is 5.91 Å². The number of carbonyl (C=O) groups is 2. The first-order valence-corrected chi connectivity index (χ1v) is 11.5. The number of nitrogens with one attached hydrogen (secondary N) is 2. The highest BCUT2D eigenvalue weighted by Crippen LogP contribution is 2.33. The van der Waals surface area contributed by atoms with Crippen LogP contribution in [-0.2, 0) is 29.0 Å². The summed E-state index contributed by atoms with van der Waals surface area (Å²) in [5.41, 5.74) is 4.02. The zero-order valence-corrected chi connectivity index (χ0v) is 20.0. The number of hydrogen-bond acceptors (Lipinski definition) is 8. The van der Waals surface area contributed by atoms with Gasteiger partial charge in [-0.3, -0.25) is 4.79 Å². The number of methoxy groups -OCH3 is 2. The van der Waals surface area contributed by atoms with E-state index >= 15 is 0 Å². The Balaban J connectivity index is 1.52. The third kappa shape index (κ3) is 4.50. The molecule has 5 rings (SSSR count). The number of carbonyl (C=O) groups excluding carboxylic acids is 2. The molecule has 0 saturated carbocycles. The molecule has 0 bridgehead atoms. The highest BCUT2D eigenvalue weighted by atomic mass is 16.5. The predicted octanol–water partition coefficient (Wildman–Crippen LogP) is 3.86. The fourth-order valence-corrected chi connectivity index (χ4v) is 4.29. The molecule has 36 heavy (non-hydrogen) atoms. The Morgan fingerprint density at radius 3 is 2.86 bits per heavy atom. The minimum absolute atomic E-state index is 0.117. The molecule has 1 aliphatic rings. The number of hydrogen-bond donors (Lipinski definition) is 2. The number of rotatable bonds is 9. The molecule has 4 heterocycles. The highest BCUT2D eigenvalue weighted by Gasteiger charge is 2.27. The number of pyridine rings is 1. The van der Waals surface area contributed by atoms with Gasteiger partial charge in [-0.05, 0) is 35.4 Å². The lowest BCUT2D eigenvalue weighted by Gasteiger charge is -2.10. The van der Waals surface area contributed by atoms with Crippen LogP contribution >= 0.6 is 0 Å². The van der Waals surface area contributed by atoms with Gasteiger partial charge in [-0.15, -0.1) is 0 Å². The van der Waals surface area contributed by atoms with E-state index in [9.17, 15) is 9.59 Å². The predicted molar refractivity (Wildman–Crippen MR) is 133 cm³/mol. The van der Waals surface area contributed by atoms with Crippen molar-refractivity contribution in [2.75, 3.05) is 38.1 Å². The number of benzene rings is 1. The molecule has 0 saturated heterocycles. The van der Waals surface area contributed by atoms with Crippen LogP contribution in [0.25, 0.3) is 11.0 Å². The molecule has 0 spiro atoms. The van der Waals surface area contributed by atoms with E-state index in [-0.39, 0.29) is 11.5 Å². The van der Waals surface area contributed by atoms with E-state index in [2.05, 4.69) is 21.7 Å². The van der Waals surface area contributed by atoms with E-state index in [4.69, 9.17) is 18.6 Å². The van der Waals surface area contributed by atoms with Crippen LogP contribution in [0, 0.1) is 0 Å². The number of fused-ring (bicyclic) bond motifs is 2. The summed E-state index contributed by atoms with van der Waals surface area (Å²) in [6, 6.07) is 11.2. The molecular weight excluding hydrogens is 464 g/mol. The molecule has 10 heteroatoms. The van der Waals surface area contributed by atoms with Gasteiger partial charge in [-0.25, -0.2) is 9.78 Å². The zero-order chi connectivity index (χ0) is 25.1. The van der Waals surface area contributed by atoms with Crippen LogP contribution in [-0.4, -0.2) is 48.9 Å². The molecule has 0 aliphatic carbocycles. The van der Waals surface area contributed by atoms with Gasteiger partial charge in [0, 0.05) is 32.0 Å². The molecule has 10 nitrogen and oxygen atoms in total.